The highest BCUT2D eigenvalue weighted by Crippen LogP contribution is 2.26. The third kappa shape index (κ3) is 5.33. The molecule has 1 atom stereocenters. The van der Waals surface area contributed by atoms with Crippen LogP contribution in [0.15, 0.2) is 28.0 Å². The van der Waals surface area contributed by atoms with E-state index < -0.39 is 43.0 Å². The minimum Gasteiger partial charge on any atom is -0.462 e. The molecule has 2 rings (SSSR count). The fourth-order valence-electron chi connectivity index (χ4n) is 2.65. The van der Waals surface area contributed by atoms with Gasteiger partial charge in [0, 0.05) is 12.3 Å². The predicted molar refractivity (Wildman–Crippen MR) is 90.4 cm³/mol. The SMILES string of the molecule is CS(=O)(=O)c1ccc([S@](=O)CC(=O)OC2CCCCC2)c([N+](=O)[O-])c1. The van der Waals surface area contributed by atoms with Crippen molar-refractivity contribution >= 4 is 32.3 Å². The number of rotatable bonds is 6. The molecular weight excluding hydrogens is 370 g/mol. The number of nitro benzene ring substituents is 1. The van der Waals surface area contributed by atoms with Crippen LogP contribution >= 0.6 is 0 Å². The number of sulfone groups is 1. The maximum atomic E-state index is 12.3. The second-order valence-electron chi connectivity index (χ2n) is 5.90. The van der Waals surface area contributed by atoms with Crippen LogP contribution in [0.4, 0.5) is 5.69 Å². The first-order valence-corrected chi connectivity index (χ1v) is 11.0. The Kier molecular flexibility index (Phi) is 6.28. The Morgan fingerprint density at radius 3 is 2.52 bits per heavy atom. The second-order valence-corrected chi connectivity index (χ2v) is 9.33. The lowest BCUT2D eigenvalue weighted by molar-refractivity contribution is -0.388. The third-order valence-electron chi connectivity index (χ3n) is 3.90. The molecule has 10 heteroatoms. The Labute approximate surface area is 148 Å². The molecule has 0 amide bonds. The van der Waals surface area contributed by atoms with E-state index in [-0.39, 0.29) is 15.9 Å². The lowest BCUT2D eigenvalue weighted by Gasteiger charge is -2.21. The van der Waals surface area contributed by atoms with E-state index in [9.17, 15) is 27.5 Å². The number of ether oxygens (including phenoxy) is 1. The maximum absolute atomic E-state index is 12.3. The zero-order chi connectivity index (χ0) is 18.6. The number of hydrogen-bond donors (Lipinski definition) is 0. The van der Waals surface area contributed by atoms with Crippen LogP contribution in [0.5, 0.6) is 0 Å². The molecule has 25 heavy (non-hydrogen) atoms. The molecule has 0 saturated heterocycles. The van der Waals surface area contributed by atoms with Gasteiger partial charge in [0.1, 0.15) is 16.8 Å². The van der Waals surface area contributed by atoms with Crippen LogP contribution in [-0.2, 0) is 30.2 Å². The molecule has 0 radical (unpaired) electrons. The molecule has 1 aliphatic carbocycles. The quantitative estimate of drug-likeness (QED) is 0.414. The summed E-state index contributed by atoms with van der Waals surface area (Å²) in [6.07, 6.45) is 5.30. The Morgan fingerprint density at radius 2 is 1.96 bits per heavy atom. The molecule has 0 aliphatic heterocycles. The summed E-state index contributed by atoms with van der Waals surface area (Å²) in [6.45, 7) is 0. The largest absolute Gasteiger partial charge is 0.462 e. The van der Waals surface area contributed by atoms with E-state index in [1.165, 1.54) is 0 Å². The molecule has 1 aliphatic rings. The van der Waals surface area contributed by atoms with E-state index in [0.717, 1.165) is 56.6 Å². The van der Waals surface area contributed by atoms with Gasteiger partial charge in [-0.15, -0.1) is 0 Å². The van der Waals surface area contributed by atoms with Crippen molar-refractivity contribution in [3.63, 3.8) is 0 Å². The molecule has 0 spiro atoms. The van der Waals surface area contributed by atoms with Gasteiger partial charge < -0.3 is 4.74 Å². The van der Waals surface area contributed by atoms with E-state index in [4.69, 9.17) is 4.74 Å². The standard InChI is InChI=1S/C15H19NO7S2/c1-25(21,22)12-7-8-14(13(9-12)16(18)19)24(20)10-15(17)23-11-5-3-2-4-6-11/h7-9,11H,2-6,10H2,1H3/t24-/m1/s1. The predicted octanol–water partition coefficient (Wildman–Crippen LogP) is 1.98. The van der Waals surface area contributed by atoms with Crippen molar-refractivity contribution in [3.05, 3.63) is 28.3 Å². The van der Waals surface area contributed by atoms with Crippen LogP contribution in [-0.4, -0.2) is 41.6 Å². The van der Waals surface area contributed by atoms with Gasteiger partial charge in [-0.25, -0.2) is 8.42 Å². The summed E-state index contributed by atoms with van der Waals surface area (Å²) >= 11 is 0. The van der Waals surface area contributed by atoms with Crippen molar-refractivity contribution in [2.24, 2.45) is 0 Å². The third-order valence-corrected chi connectivity index (χ3v) is 6.34. The molecule has 1 fully saturated rings. The van der Waals surface area contributed by atoms with E-state index in [1.54, 1.807) is 0 Å². The summed E-state index contributed by atoms with van der Waals surface area (Å²) in [4.78, 5) is 21.8. The zero-order valence-corrected chi connectivity index (χ0v) is 15.3. The van der Waals surface area contributed by atoms with Crippen LogP contribution in [0.1, 0.15) is 32.1 Å². The van der Waals surface area contributed by atoms with Crippen molar-refractivity contribution in [1.29, 1.82) is 0 Å². The minimum atomic E-state index is -3.64. The minimum absolute atomic E-state index is 0.194. The van der Waals surface area contributed by atoms with Crippen molar-refractivity contribution in [2.45, 2.75) is 48.0 Å². The van der Waals surface area contributed by atoms with Crippen LogP contribution in [0.3, 0.4) is 0 Å². The molecular formula is C15H19NO7S2. The average Bonchev–Trinajstić information content (AvgIpc) is 2.54. The Morgan fingerprint density at radius 1 is 1.32 bits per heavy atom. The number of nitrogens with zero attached hydrogens (tertiary/aromatic N) is 1. The molecule has 0 bridgehead atoms. The lowest BCUT2D eigenvalue weighted by Crippen LogP contribution is -2.24. The molecule has 8 nitrogen and oxygen atoms in total. The molecule has 1 aromatic carbocycles. The van der Waals surface area contributed by atoms with Crippen molar-refractivity contribution in [3.8, 4) is 0 Å². The van der Waals surface area contributed by atoms with Gasteiger partial charge >= 0.3 is 5.97 Å². The van der Waals surface area contributed by atoms with Crippen LogP contribution in [0.2, 0.25) is 0 Å². The van der Waals surface area contributed by atoms with Gasteiger partial charge in [-0.1, -0.05) is 6.42 Å². The molecule has 1 aromatic rings. The van der Waals surface area contributed by atoms with E-state index >= 15 is 0 Å². The summed E-state index contributed by atoms with van der Waals surface area (Å²) in [5.41, 5.74) is -0.591. The van der Waals surface area contributed by atoms with E-state index in [0.29, 0.717) is 0 Å². The highest BCUT2D eigenvalue weighted by atomic mass is 32.2. The van der Waals surface area contributed by atoms with Gasteiger partial charge in [0.15, 0.2) is 9.84 Å². The Balaban J connectivity index is 2.15. The number of esters is 1. The number of hydrogen-bond acceptors (Lipinski definition) is 7. The molecule has 0 aromatic heterocycles. The summed E-state index contributed by atoms with van der Waals surface area (Å²) in [5, 5.41) is 11.2. The highest BCUT2D eigenvalue weighted by Gasteiger charge is 2.25. The molecule has 0 N–H and O–H groups in total. The molecule has 0 heterocycles. The Hall–Kier alpha value is -1.81. The van der Waals surface area contributed by atoms with E-state index in [1.807, 2.05) is 0 Å². The molecule has 138 valence electrons. The van der Waals surface area contributed by atoms with Gasteiger partial charge in [0.2, 0.25) is 0 Å². The number of benzene rings is 1. The summed E-state index contributed by atoms with van der Waals surface area (Å²) in [5.74, 6) is -1.18. The monoisotopic (exact) mass is 389 g/mol. The fourth-order valence-corrected chi connectivity index (χ4v) is 4.32. The highest BCUT2D eigenvalue weighted by molar-refractivity contribution is 7.90. The van der Waals surface area contributed by atoms with Gasteiger partial charge in [0.05, 0.1) is 20.6 Å². The average molecular weight is 389 g/mol. The maximum Gasteiger partial charge on any atom is 0.319 e. The fraction of sp³-hybridized carbons (Fsp3) is 0.533. The lowest BCUT2D eigenvalue weighted by atomic mass is 9.98. The summed E-state index contributed by atoms with van der Waals surface area (Å²) in [7, 11) is -5.63. The zero-order valence-electron chi connectivity index (χ0n) is 13.7. The van der Waals surface area contributed by atoms with Gasteiger partial charge in [-0.3, -0.25) is 19.1 Å². The normalized spacial score (nSPS) is 17.0. The second kappa shape index (κ2) is 8.05. The van der Waals surface area contributed by atoms with Crippen LogP contribution in [0.25, 0.3) is 0 Å². The number of carbonyl (C=O) groups excluding carboxylic acids is 1. The number of carbonyl (C=O) groups is 1. The van der Waals surface area contributed by atoms with Gasteiger partial charge in [0.25, 0.3) is 5.69 Å². The van der Waals surface area contributed by atoms with Crippen LogP contribution < -0.4 is 0 Å². The first kappa shape index (κ1) is 19.5. The van der Waals surface area contributed by atoms with Crippen molar-refractivity contribution < 1.29 is 27.1 Å². The van der Waals surface area contributed by atoms with Crippen molar-refractivity contribution in [1.82, 2.24) is 0 Å². The first-order valence-electron chi connectivity index (χ1n) is 7.75. The van der Waals surface area contributed by atoms with Gasteiger partial charge in [-0.05, 0) is 37.8 Å². The topological polar surface area (TPSA) is 121 Å². The van der Waals surface area contributed by atoms with Gasteiger partial charge in [-0.2, -0.15) is 0 Å². The molecule has 1 saturated carbocycles. The summed E-state index contributed by atoms with van der Waals surface area (Å²) in [6, 6.07) is 3.11. The van der Waals surface area contributed by atoms with E-state index in [2.05, 4.69) is 0 Å². The number of nitro groups is 1. The first-order chi connectivity index (χ1) is 11.7. The van der Waals surface area contributed by atoms with Crippen molar-refractivity contribution in [2.75, 3.05) is 12.0 Å². The molecule has 0 unspecified atom stereocenters. The Bertz CT molecular complexity index is 798. The summed E-state index contributed by atoms with van der Waals surface area (Å²) < 4.78 is 40.6. The smallest absolute Gasteiger partial charge is 0.319 e. The van der Waals surface area contributed by atoms with Crippen LogP contribution in [0, 0.1) is 10.1 Å².